The van der Waals surface area contributed by atoms with E-state index in [1.807, 2.05) is 25.1 Å². The lowest BCUT2D eigenvalue weighted by Gasteiger charge is -2.24. The molecule has 0 amide bonds. The molecule has 0 aliphatic carbocycles. The van der Waals surface area contributed by atoms with Crippen LogP contribution in [0.3, 0.4) is 0 Å². The normalized spacial score (nSPS) is 12.5. The molecular formula is C12H20N2O. The molecule has 1 rings (SSSR count). The Bertz CT molecular complexity index is 264. The van der Waals surface area contributed by atoms with Gasteiger partial charge in [0.1, 0.15) is 0 Å². The minimum absolute atomic E-state index is 0.111. The van der Waals surface area contributed by atoms with Crippen LogP contribution in [0.2, 0.25) is 0 Å². The Morgan fingerprint density at radius 3 is 2.53 bits per heavy atom. The van der Waals surface area contributed by atoms with Gasteiger partial charge in [-0.15, -0.1) is 0 Å². The first-order valence-corrected chi connectivity index (χ1v) is 5.35. The summed E-state index contributed by atoms with van der Waals surface area (Å²) in [4.78, 5) is 2.16. The molecule has 1 unspecified atom stereocenters. The molecule has 0 heterocycles. The summed E-state index contributed by atoms with van der Waals surface area (Å²) in [7, 11) is 2.05. The number of nitrogens with zero attached hydrogens (tertiary/aromatic N) is 1. The van der Waals surface area contributed by atoms with E-state index >= 15 is 0 Å². The molecule has 0 saturated heterocycles. The molecular weight excluding hydrogens is 188 g/mol. The van der Waals surface area contributed by atoms with Gasteiger partial charge in [0, 0.05) is 32.4 Å². The molecule has 0 fully saturated rings. The summed E-state index contributed by atoms with van der Waals surface area (Å²) in [5.41, 5.74) is 6.82. The predicted molar refractivity (Wildman–Crippen MR) is 64.2 cm³/mol. The zero-order valence-corrected chi connectivity index (χ0v) is 9.52. The molecule has 15 heavy (non-hydrogen) atoms. The lowest BCUT2D eigenvalue weighted by Crippen LogP contribution is -2.36. The number of benzene rings is 1. The van der Waals surface area contributed by atoms with Gasteiger partial charge in [0.15, 0.2) is 0 Å². The number of nitrogens with two attached hydrogens (primary N) is 1. The number of para-hydroxylation sites is 1. The number of ether oxygens (including phenoxy) is 1. The molecule has 2 N–H and O–H groups in total. The van der Waals surface area contributed by atoms with Crippen molar-refractivity contribution in [2.24, 2.45) is 5.73 Å². The first kappa shape index (κ1) is 12.0. The van der Waals surface area contributed by atoms with E-state index in [-0.39, 0.29) is 6.10 Å². The Morgan fingerprint density at radius 1 is 1.33 bits per heavy atom. The van der Waals surface area contributed by atoms with Gasteiger partial charge in [-0.25, -0.2) is 0 Å². The highest BCUT2D eigenvalue weighted by atomic mass is 16.5. The smallest absolute Gasteiger partial charge is 0.0871 e. The van der Waals surface area contributed by atoms with Crippen molar-refractivity contribution in [3.8, 4) is 0 Å². The van der Waals surface area contributed by atoms with Gasteiger partial charge >= 0.3 is 0 Å². The minimum Gasteiger partial charge on any atom is -0.375 e. The topological polar surface area (TPSA) is 38.5 Å². The number of rotatable bonds is 6. The van der Waals surface area contributed by atoms with Crippen LogP contribution < -0.4 is 10.6 Å². The van der Waals surface area contributed by atoms with Gasteiger partial charge in [-0.1, -0.05) is 18.2 Å². The second-order valence-corrected chi connectivity index (χ2v) is 3.53. The molecule has 0 bridgehead atoms. The molecule has 0 aliphatic rings. The average molecular weight is 208 g/mol. The Kier molecular flexibility index (Phi) is 5.15. The SMILES string of the molecule is CCOC(CN)CN(C)c1ccccc1. The fourth-order valence-electron chi connectivity index (χ4n) is 1.52. The maximum atomic E-state index is 5.63. The fraction of sp³-hybridized carbons (Fsp3) is 0.500. The van der Waals surface area contributed by atoms with Crippen LogP contribution in [0.1, 0.15) is 6.92 Å². The van der Waals surface area contributed by atoms with E-state index in [1.165, 1.54) is 5.69 Å². The molecule has 1 aromatic carbocycles. The first-order chi connectivity index (χ1) is 7.27. The van der Waals surface area contributed by atoms with Crippen molar-refractivity contribution in [2.45, 2.75) is 13.0 Å². The third kappa shape index (κ3) is 3.90. The van der Waals surface area contributed by atoms with E-state index in [0.29, 0.717) is 13.2 Å². The minimum atomic E-state index is 0.111. The standard InChI is InChI=1S/C12H20N2O/c1-3-15-12(9-13)10-14(2)11-7-5-4-6-8-11/h4-8,12H,3,9-10,13H2,1-2H3. The molecule has 84 valence electrons. The second-order valence-electron chi connectivity index (χ2n) is 3.53. The van der Waals surface area contributed by atoms with Gasteiger partial charge in [0.05, 0.1) is 6.10 Å². The maximum Gasteiger partial charge on any atom is 0.0871 e. The van der Waals surface area contributed by atoms with E-state index in [0.717, 1.165) is 6.54 Å². The summed E-state index contributed by atoms with van der Waals surface area (Å²) in [5, 5.41) is 0. The zero-order valence-electron chi connectivity index (χ0n) is 9.52. The summed E-state index contributed by atoms with van der Waals surface area (Å²) in [6.45, 7) is 4.09. The van der Waals surface area contributed by atoms with Gasteiger partial charge in [-0.2, -0.15) is 0 Å². The largest absolute Gasteiger partial charge is 0.375 e. The van der Waals surface area contributed by atoms with Gasteiger partial charge in [-0.3, -0.25) is 0 Å². The predicted octanol–water partition coefficient (Wildman–Crippen LogP) is 1.49. The average Bonchev–Trinajstić information content (AvgIpc) is 2.29. The Hall–Kier alpha value is -1.06. The third-order valence-corrected chi connectivity index (χ3v) is 2.34. The van der Waals surface area contributed by atoms with Gasteiger partial charge in [-0.05, 0) is 19.1 Å². The molecule has 3 heteroatoms. The van der Waals surface area contributed by atoms with Crippen molar-refractivity contribution in [1.29, 1.82) is 0 Å². The highest BCUT2D eigenvalue weighted by molar-refractivity contribution is 5.45. The Labute approximate surface area is 91.8 Å². The maximum absolute atomic E-state index is 5.63. The van der Waals surface area contributed by atoms with Crippen molar-refractivity contribution < 1.29 is 4.74 Å². The molecule has 0 aromatic heterocycles. The number of likely N-dealkylation sites (N-methyl/N-ethyl adjacent to an activating group) is 1. The summed E-state index contributed by atoms with van der Waals surface area (Å²) in [6.07, 6.45) is 0.111. The van der Waals surface area contributed by atoms with Crippen molar-refractivity contribution in [3.05, 3.63) is 30.3 Å². The molecule has 0 aliphatic heterocycles. The number of anilines is 1. The Balaban J connectivity index is 2.50. The van der Waals surface area contributed by atoms with E-state index < -0.39 is 0 Å². The van der Waals surface area contributed by atoms with E-state index in [4.69, 9.17) is 10.5 Å². The second kappa shape index (κ2) is 6.43. The molecule has 0 radical (unpaired) electrons. The fourth-order valence-corrected chi connectivity index (χ4v) is 1.52. The zero-order chi connectivity index (χ0) is 11.1. The molecule has 3 nitrogen and oxygen atoms in total. The van der Waals surface area contributed by atoms with Crippen LogP contribution in [0.15, 0.2) is 30.3 Å². The van der Waals surface area contributed by atoms with Crippen LogP contribution in [0.25, 0.3) is 0 Å². The van der Waals surface area contributed by atoms with Crippen LogP contribution in [-0.2, 0) is 4.74 Å². The molecule has 1 atom stereocenters. The van der Waals surface area contributed by atoms with E-state index in [1.54, 1.807) is 0 Å². The van der Waals surface area contributed by atoms with E-state index in [2.05, 4.69) is 24.1 Å². The summed E-state index contributed by atoms with van der Waals surface area (Å²) in [6, 6.07) is 10.2. The van der Waals surface area contributed by atoms with Crippen LogP contribution >= 0.6 is 0 Å². The van der Waals surface area contributed by atoms with Crippen molar-refractivity contribution >= 4 is 5.69 Å². The summed E-state index contributed by atoms with van der Waals surface area (Å²) in [5.74, 6) is 0. The van der Waals surface area contributed by atoms with Crippen LogP contribution in [-0.4, -0.2) is 32.8 Å². The monoisotopic (exact) mass is 208 g/mol. The number of hydrogen-bond donors (Lipinski definition) is 1. The highest BCUT2D eigenvalue weighted by Gasteiger charge is 2.09. The van der Waals surface area contributed by atoms with E-state index in [9.17, 15) is 0 Å². The van der Waals surface area contributed by atoms with Gasteiger partial charge in [0.25, 0.3) is 0 Å². The summed E-state index contributed by atoms with van der Waals surface area (Å²) < 4.78 is 5.52. The van der Waals surface area contributed by atoms with Crippen LogP contribution in [0, 0.1) is 0 Å². The van der Waals surface area contributed by atoms with Gasteiger partial charge in [0.2, 0.25) is 0 Å². The van der Waals surface area contributed by atoms with Gasteiger partial charge < -0.3 is 15.4 Å². The van der Waals surface area contributed by atoms with Crippen LogP contribution in [0.5, 0.6) is 0 Å². The molecule has 1 aromatic rings. The quantitative estimate of drug-likeness (QED) is 0.769. The van der Waals surface area contributed by atoms with Crippen molar-refractivity contribution in [3.63, 3.8) is 0 Å². The lowest BCUT2D eigenvalue weighted by atomic mass is 10.2. The summed E-state index contributed by atoms with van der Waals surface area (Å²) >= 11 is 0. The Morgan fingerprint density at radius 2 is 2.00 bits per heavy atom. The van der Waals surface area contributed by atoms with Crippen molar-refractivity contribution in [2.75, 3.05) is 31.6 Å². The molecule has 0 saturated carbocycles. The lowest BCUT2D eigenvalue weighted by molar-refractivity contribution is 0.0745. The van der Waals surface area contributed by atoms with Crippen LogP contribution in [0.4, 0.5) is 5.69 Å². The third-order valence-electron chi connectivity index (χ3n) is 2.34. The van der Waals surface area contributed by atoms with Crippen molar-refractivity contribution in [1.82, 2.24) is 0 Å². The highest BCUT2D eigenvalue weighted by Crippen LogP contribution is 2.11. The number of hydrogen-bond acceptors (Lipinski definition) is 3. The first-order valence-electron chi connectivity index (χ1n) is 5.35. The molecule has 0 spiro atoms.